The maximum Gasteiger partial charge on any atom is 0.337 e. The number of aryl methyl sites for hydroxylation is 1. The molecule has 0 radical (unpaired) electrons. The van der Waals surface area contributed by atoms with Gasteiger partial charge in [0, 0.05) is 24.2 Å². The number of halogens is 1. The summed E-state index contributed by atoms with van der Waals surface area (Å²) in [6, 6.07) is 10.9. The molecule has 5 heteroatoms. The van der Waals surface area contributed by atoms with Crippen molar-refractivity contribution in [3.63, 3.8) is 0 Å². The zero-order valence-electron chi connectivity index (χ0n) is 11.9. The number of hydrogen-bond acceptors (Lipinski definition) is 2. The first kappa shape index (κ1) is 14.1. The van der Waals surface area contributed by atoms with Crippen LogP contribution in [-0.2, 0) is 13.7 Å². The van der Waals surface area contributed by atoms with Crippen molar-refractivity contribution in [1.82, 2.24) is 4.57 Å². The summed E-state index contributed by atoms with van der Waals surface area (Å²) in [5, 5.41) is 10.1. The largest absolute Gasteiger partial charge is 0.489 e. The van der Waals surface area contributed by atoms with Gasteiger partial charge in [-0.25, -0.2) is 9.18 Å². The summed E-state index contributed by atoms with van der Waals surface area (Å²) in [5.74, 6) is -0.714. The molecule has 3 rings (SSSR count). The quantitative estimate of drug-likeness (QED) is 0.801. The Morgan fingerprint density at radius 2 is 1.95 bits per heavy atom. The third-order valence-electron chi connectivity index (χ3n) is 3.52. The van der Waals surface area contributed by atoms with E-state index in [0.717, 1.165) is 10.9 Å². The summed E-state index contributed by atoms with van der Waals surface area (Å²) in [5.41, 5.74) is 1.80. The summed E-state index contributed by atoms with van der Waals surface area (Å²) in [6.45, 7) is 0.284. The van der Waals surface area contributed by atoms with Crippen LogP contribution in [0.2, 0.25) is 0 Å². The van der Waals surface area contributed by atoms with Gasteiger partial charge in [-0.15, -0.1) is 0 Å². The number of aromatic carboxylic acids is 1. The molecule has 0 saturated heterocycles. The summed E-state index contributed by atoms with van der Waals surface area (Å²) in [6.07, 6.45) is 1.85. The highest BCUT2D eigenvalue weighted by atomic mass is 19.1. The molecular formula is C17H14FNO3. The number of rotatable bonds is 4. The van der Waals surface area contributed by atoms with Crippen LogP contribution in [0.25, 0.3) is 10.9 Å². The first-order chi connectivity index (χ1) is 10.6. The molecule has 3 aromatic rings. The monoisotopic (exact) mass is 299 g/mol. The van der Waals surface area contributed by atoms with E-state index in [4.69, 9.17) is 4.74 Å². The first-order valence-electron chi connectivity index (χ1n) is 6.75. The highest BCUT2D eigenvalue weighted by Gasteiger charge is 2.14. The van der Waals surface area contributed by atoms with Gasteiger partial charge in [0.05, 0.1) is 11.1 Å². The van der Waals surface area contributed by atoms with Gasteiger partial charge in [0.2, 0.25) is 0 Å². The molecule has 22 heavy (non-hydrogen) atoms. The van der Waals surface area contributed by atoms with Crippen LogP contribution in [0.15, 0.2) is 48.7 Å². The van der Waals surface area contributed by atoms with Crippen molar-refractivity contribution in [3.05, 3.63) is 65.6 Å². The fourth-order valence-corrected chi connectivity index (χ4v) is 2.53. The lowest BCUT2D eigenvalue weighted by atomic mass is 10.1. The van der Waals surface area contributed by atoms with Crippen LogP contribution in [0.1, 0.15) is 15.9 Å². The number of hydrogen-bond donors (Lipinski definition) is 1. The molecule has 0 unspecified atom stereocenters. The number of nitrogens with zero attached hydrogens (tertiary/aromatic N) is 1. The molecule has 0 atom stereocenters. The molecule has 0 saturated carbocycles. The van der Waals surface area contributed by atoms with E-state index in [0.29, 0.717) is 11.3 Å². The molecule has 0 spiro atoms. The van der Waals surface area contributed by atoms with Crippen molar-refractivity contribution in [2.45, 2.75) is 6.61 Å². The standard InChI is InChI=1S/C17H14FNO3/c1-19-9-11(10-22-13-7-5-12(18)6-8-13)14-3-2-4-15(16(14)19)17(20)21/h2-9H,10H2,1H3,(H,20,21). The molecule has 0 amide bonds. The predicted octanol–water partition coefficient (Wildman–Crippen LogP) is 3.59. The number of carboxylic acid groups (broad SMARTS) is 1. The van der Waals surface area contributed by atoms with E-state index in [1.165, 1.54) is 12.1 Å². The van der Waals surface area contributed by atoms with Gasteiger partial charge in [-0.3, -0.25) is 0 Å². The summed E-state index contributed by atoms with van der Waals surface area (Å²) < 4.78 is 20.3. The first-order valence-corrected chi connectivity index (χ1v) is 6.75. The number of para-hydroxylation sites is 1. The molecule has 0 fully saturated rings. The number of benzene rings is 2. The molecule has 0 aliphatic rings. The fraction of sp³-hybridized carbons (Fsp3) is 0.118. The molecule has 0 aliphatic heterocycles. The minimum atomic E-state index is -0.960. The number of carboxylic acids is 1. The lowest BCUT2D eigenvalue weighted by Crippen LogP contribution is -1.99. The lowest BCUT2D eigenvalue weighted by molar-refractivity contribution is 0.0698. The average molecular weight is 299 g/mol. The predicted molar refractivity (Wildman–Crippen MR) is 80.6 cm³/mol. The van der Waals surface area contributed by atoms with E-state index in [1.54, 1.807) is 35.9 Å². The SMILES string of the molecule is Cn1cc(COc2ccc(F)cc2)c2cccc(C(=O)O)c21. The summed E-state index contributed by atoms with van der Waals surface area (Å²) in [7, 11) is 1.80. The fourth-order valence-electron chi connectivity index (χ4n) is 2.53. The zero-order valence-corrected chi connectivity index (χ0v) is 11.9. The van der Waals surface area contributed by atoms with Gasteiger partial charge >= 0.3 is 5.97 Å². The normalized spacial score (nSPS) is 10.8. The van der Waals surface area contributed by atoms with Gasteiger partial charge in [0.1, 0.15) is 18.2 Å². The Labute approximate surface area is 126 Å². The Balaban J connectivity index is 1.93. The van der Waals surface area contributed by atoms with Crippen LogP contribution in [0.5, 0.6) is 5.75 Å². The smallest absolute Gasteiger partial charge is 0.337 e. The van der Waals surface area contributed by atoms with Crippen LogP contribution < -0.4 is 4.74 Å². The highest BCUT2D eigenvalue weighted by molar-refractivity contribution is 6.03. The molecule has 4 nitrogen and oxygen atoms in total. The lowest BCUT2D eigenvalue weighted by Gasteiger charge is -2.05. The van der Waals surface area contributed by atoms with E-state index < -0.39 is 5.97 Å². The summed E-state index contributed by atoms with van der Waals surface area (Å²) >= 11 is 0. The van der Waals surface area contributed by atoms with Crippen LogP contribution in [0.3, 0.4) is 0 Å². The van der Waals surface area contributed by atoms with Gasteiger partial charge in [-0.2, -0.15) is 0 Å². The minimum Gasteiger partial charge on any atom is -0.489 e. The topological polar surface area (TPSA) is 51.5 Å². The Hall–Kier alpha value is -2.82. The van der Waals surface area contributed by atoms with Gasteiger partial charge in [0.25, 0.3) is 0 Å². The third kappa shape index (κ3) is 2.53. The van der Waals surface area contributed by atoms with Crippen molar-refractivity contribution in [2.75, 3.05) is 0 Å². The minimum absolute atomic E-state index is 0.257. The molecule has 2 aromatic carbocycles. The molecule has 112 valence electrons. The molecule has 0 bridgehead atoms. The third-order valence-corrected chi connectivity index (χ3v) is 3.52. The van der Waals surface area contributed by atoms with Crippen molar-refractivity contribution in [2.24, 2.45) is 7.05 Å². The van der Waals surface area contributed by atoms with Crippen molar-refractivity contribution in [1.29, 1.82) is 0 Å². The van der Waals surface area contributed by atoms with Gasteiger partial charge < -0.3 is 14.4 Å². The van der Waals surface area contributed by atoms with Crippen molar-refractivity contribution in [3.8, 4) is 5.75 Å². The molecule has 1 heterocycles. The van der Waals surface area contributed by atoms with E-state index in [-0.39, 0.29) is 18.0 Å². The van der Waals surface area contributed by atoms with E-state index in [2.05, 4.69) is 0 Å². The van der Waals surface area contributed by atoms with Crippen LogP contribution >= 0.6 is 0 Å². The van der Waals surface area contributed by atoms with Crippen molar-refractivity contribution < 1.29 is 19.0 Å². The number of carbonyl (C=O) groups is 1. The maximum atomic E-state index is 12.9. The van der Waals surface area contributed by atoms with Gasteiger partial charge in [-0.1, -0.05) is 12.1 Å². The molecule has 0 aliphatic carbocycles. The number of aromatic nitrogens is 1. The molecular weight excluding hydrogens is 285 g/mol. The van der Waals surface area contributed by atoms with Crippen molar-refractivity contribution >= 4 is 16.9 Å². The zero-order chi connectivity index (χ0) is 15.7. The Morgan fingerprint density at radius 1 is 1.23 bits per heavy atom. The van der Waals surface area contributed by atoms with Gasteiger partial charge in [-0.05, 0) is 30.3 Å². The van der Waals surface area contributed by atoms with E-state index >= 15 is 0 Å². The molecule has 1 N–H and O–H groups in total. The van der Waals surface area contributed by atoms with Crippen LogP contribution in [0.4, 0.5) is 4.39 Å². The number of ether oxygens (including phenoxy) is 1. The second-order valence-corrected chi connectivity index (χ2v) is 5.01. The highest BCUT2D eigenvalue weighted by Crippen LogP contribution is 2.25. The summed E-state index contributed by atoms with van der Waals surface area (Å²) in [4.78, 5) is 11.3. The second-order valence-electron chi connectivity index (χ2n) is 5.01. The Bertz CT molecular complexity index is 837. The van der Waals surface area contributed by atoms with E-state index in [1.807, 2.05) is 12.3 Å². The average Bonchev–Trinajstić information content (AvgIpc) is 2.83. The second kappa shape index (κ2) is 5.52. The van der Waals surface area contributed by atoms with Crippen LogP contribution in [0, 0.1) is 5.82 Å². The number of fused-ring (bicyclic) bond motifs is 1. The van der Waals surface area contributed by atoms with Crippen LogP contribution in [-0.4, -0.2) is 15.6 Å². The Morgan fingerprint density at radius 3 is 2.64 bits per heavy atom. The maximum absolute atomic E-state index is 12.9. The molecule has 1 aromatic heterocycles. The van der Waals surface area contributed by atoms with E-state index in [9.17, 15) is 14.3 Å². The van der Waals surface area contributed by atoms with Gasteiger partial charge in [0.15, 0.2) is 0 Å². The Kier molecular flexibility index (Phi) is 3.55.